The van der Waals surface area contributed by atoms with Crippen LogP contribution in [-0.2, 0) is 22.6 Å². The SMILES string of the molecule is O=C(CCCCC1SCC2NC(=O)NC21)NCCOCCNC(=O)NC12CC3CC1CC3(NC(=O)N1Cc3cc(F)c(F)cc3C1)C2. The summed E-state index contributed by atoms with van der Waals surface area (Å²) in [6, 6.07) is 2.18. The molecule has 7 amide bonds. The van der Waals surface area contributed by atoms with Crippen molar-refractivity contribution in [3.8, 4) is 0 Å². The number of rotatable bonds is 13. The third-order valence-electron chi connectivity index (χ3n) is 11.1. The van der Waals surface area contributed by atoms with Crippen LogP contribution in [0, 0.1) is 23.5 Å². The van der Waals surface area contributed by atoms with Crippen LogP contribution < -0.4 is 31.9 Å². The number of nitrogens with zero attached hydrogens (tertiary/aromatic N) is 1. The molecule has 3 aliphatic heterocycles. The van der Waals surface area contributed by atoms with Crippen LogP contribution in [0.15, 0.2) is 12.1 Å². The number of carbonyl (C=O) groups excluding carboxylic acids is 4. The zero-order valence-corrected chi connectivity index (χ0v) is 27.1. The van der Waals surface area contributed by atoms with Crippen molar-refractivity contribution in [2.24, 2.45) is 11.8 Å². The van der Waals surface area contributed by atoms with Crippen LogP contribution in [0.2, 0.25) is 0 Å². The molecule has 7 aliphatic rings. The number of carbonyl (C=O) groups is 4. The summed E-state index contributed by atoms with van der Waals surface area (Å²) in [5.74, 6) is -0.310. The summed E-state index contributed by atoms with van der Waals surface area (Å²) >= 11 is 1.88. The third-order valence-corrected chi connectivity index (χ3v) is 12.6. The van der Waals surface area contributed by atoms with E-state index in [9.17, 15) is 28.0 Å². The van der Waals surface area contributed by atoms with Crippen LogP contribution >= 0.6 is 11.8 Å². The Hall–Kier alpha value is -3.33. The highest BCUT2D eigenvalue weighted by molar-refractivity contribution is 8.00. The molecule has 2 saturated heterocycles. The van der Waals surface area contributed by atoms with Crippen molar-refractivity contribution in [1.29, 1.82) is 0 Å². The lowest BCUT2D eigenvalue weighted by molar-refractivity contribution is -0.121. The molecule has 1 aromatic rings. The largest absolute Gasteiger partial charge is 0.378 e. The Morgan fingerprint density at radius 1 is 0.957 bits per heavy atom. The minimum atomic E-state index is -0.905. The number of benzene rings is 1. The van der Waals surface area contributed by atoms with Gasteiger partial charge in [-0.2, -0.15) is 11.8 Å². The van der Waals surface area contributed by atoms with E-state index in [1.54, 1.807) is 4.90 Å². The molecule has 4 bridgehead atoms. The molecule has 0 radical (unpaired) electrons. The zero-order chi connectivity index (χ0) is 32.8. The summed E-state index contributed by atoms with van der Waals surface area (Å²) in [4.78, 5) is 51.3. The summed E-state index contributed by atoms with van der Waals surface area (Å²) < 4.78 is 32.9. The summed E-state index contributed by atoms with van der Waals surface area (Å²) in [5.41, 5.74) is 0.521. The van der Waals surface area contributed by atoms with Gasteiger partial charge >= 0.3 is 18.1 Å². The van der Waals surface area contributed by atoms with Gasteiger partial charge in [0, 0.05) is 54.7 Å². The molecule has 1 aromatic carbocycles. The number of thioether (sulfide) groups is 1. The van der Waals surface area contributed by atoms with E-state index in [1.165, 1.54) is 12.1 Å². The number of fused-ring (bicyclic) bond motifs is 2. The number of ether oxygens (including phenoxy) is 1. The molecule has 0 spiro atoms. The first-order chi connectivity index (χ1) is 22.6. The third kappa shape index (κ3) is 6.44. The molecule has 0 aromatic heterocycles. The molecule has 47 heavy (non-hydrogen) atoms. The highest BCUT2D eigenvalue weighted by Gasteiger charge is 2.71. The van der Waals surface area contributed by atoms with Crippen LogP contribution in [-0.4, -0.2) is 89.4 Å². The standard InChI is InChI=1S/C32H43F2N7O5S/c33-22-9-18-14-41(15-19(18)10-23(22)34)30(45)40-32-13-20-11-21(32)12-31(20,17-32)39-28(43)36-6-8-46-7-5-35-26(42)4-2-1-3-25-27-24(16-47-25)37-29(44)38-27/h9-10,20-21,24-25,27H,1-8,11-17H2,(H,35,42)(H,40,45)(H2,36,39,43)(H2,37,38,44). The molecule has 8 rings (SSSR count). The van der Waals surface area contributed by atoms with Gasteiger partial charge in [0.05, 0.1) is 25.3 Å². The Kier molecular flexibility index (Phi) is 8.87. The number of halogens is 2. The van der Waals surface area contributed by atoms with Gasteiger partial charge in [-0.1, -0.05) is 6.42 Å². The molecular weight excluding hydrogens is 632 g/mol. The molecule has 12 nitrogen and oxygen atoms in total. The average Bonchev–Trinajstić information content (AvgIpc) is 3.87. The van der Waals surface area contributed by atoms with Gasteiger partial charge in [0.25, 0.3) is 0 Å². The maximum atomic E-state index is 13.7. The van der Waals surface area contributed by atoms with Gasteiger partial charge in [0.15, 0.2) is 11.6 Å². The van der Waals surface area contributed by atoms with Gasteiger partial charge in [-0.15, -0.1) is 0 Å². The molecule has 256 valence electrons. The van der Waals surface area contributed by atoms with Gasteiger partial charge < -0.3 is 41.5 Å². The Morgan fingerprint density at radius 3 is 2.34 bits per heavy atom. The van der Waals surface area contributed by atoms with Crippen molar-refractivity contribution in [2.45, 2.75) is 92.9 Å². The lowest BCUT2D eigenvalue weighted by Crippen LogP contribution is -2.54. The van der Waals surface area contributed by atoms with E-state index >= 15 is 0 Å². The Bertz CT molecular complexity index is 1410. The first-order valence-electron chi connectivity index (χ1n) is 16.8. The van der Waals surface area contributed by atoms with Crippen molar-refractivity contribution in [2.75, 3.05) is 32.1 Å². The monoisotopic (exact) mass is 675 g/mol. The summed E-state index contributed by atoms with van der Waals surface area (Å²) in [6.07, 6.45) is 6.42. The molecule has 6 N–H and O–H groups in total. The van der Waals surface area contributed by atoms with Gasteiger partial charge in [-0.3, -0.25) is 4.79 Å². The van der Waals surface area contributed by atoms with Crippen molar-refractivity contribution in [3.63, 3.8) is 0 Å². The number of unbranched alkanes of at least 4 members (excludes halogenated alkanes) is 1. The van der Waals surface area contributed by atoms with E-state index in [0.717, 1.165) is 44.3 Å². The Labute approximate surface area is 276 Å². The fourth-order valence-electron chi connectivity index (χ4n) is 9.02. The fourth-order valence-corrected chi connectivity index (χ4v) is 10.6. The van der Waals surface area contributed by atoms with Crippen LogP contribution in [0.5, 0.6) is 0 Å². The summed E-state index contributed by atoms with van der Waals surface area (Å²) in [6.45, 7) is 1.89. The molecule has 6 fully saturated rings. The topological polar surface area (TPSA) is 153 Å². The molecule has 4 aliphatic carbocycles. The van der Waals surface area contributed by atoms with Gasteiger partial charge in [-0.25, -0.2) is 23.2 Å². The number of urea groups is 3. The predicted octanol–water partition coefficient (Wildman–Crippen LogP) is 2.46. The summed E-state index contributed by atoms with van der Waals surface area (Å²) in [5, 5.41) is 18.5. The van der Waals surface area contributed by atoms with E-state index in [-0.39, 0.29) is 66.2 Å². The van der Waals surface area contributed by atoms with Gasteiger partial charge in [-0.05, 0) is 73.6 Å². The lowest BCUT2D eigenvalue weighted by Gasteiger charge is -2.32. The maximum Gasteiger partial charge on any atom is 0.318 e. The molecular formula is C32H43F2N7O5S. The number of hydrogen-bond donors (Lipinski definition) is 6. The van der Waals surface area contributed by atoms with Crippen molar-refractivity contribution < 1.29 is 32.7 Å². The van der Waals surface area contributed by atoms with Crippen molar-refractivity contribution in [3.05, 3.63) is 34.9 Å². The van der Waals surface area contributed by atoms with Crippen LogP contribution in [0.3, 0.4) is 0 Å². The molecule has 4 saturated carbocycles. The van der Waals surface area contributed by atoms with E-state index < -0.39 is 11.6 Å². The van der Waals surface area contributed by atoms with Gasteiger partial charge in [0.2, 0.25) is 5.91 Å². The van der Waals surface area contributed by atoms with Crippen molar-refractivity contribution in [1.82, 2.24) is 36.8 Å². The maximum absolute atomic E-state index is 13.7. The molecule has 3 heterocycles. The molecule has 15 heteroatoms. The smallest absolute Gasteiger partial charge is 0.318 e. The van der Waals surface area contributed by atoms with E-state index in [4.69, 9.17) is 4.74 Å². The minimum Gasteiger partial charge on any atom is -0.378 e. The van der Waals surface area contributed by atoms with Crippen molar-refractivity contribution >= 4 is 35.8 Å². The lowest BCUT2D eigenvalue weighted by atomic mass is 9.90. The second-order valence-electron chi connectivity index (χ2n) is 14.1. The second-order valence-corrected chi connectivity index (χ2v) is 15.3. The van der Waals surface area contributed by atoms with Crippen LogP contribution in [0.25, 0.3) is 0 Å². The minimum absolute atomic E-state index is 0.00627. The van der Waals surface area contributed by atoms with Crippen LogP contribution in [0.1, 0.15) is 62.5 Å². The quantitative estimate of drug-likeness (QED) is 0.140. The Balaban J connectivity index is 0.745. The summed E-state index contributed by atoms with van der Waals surface area (Å²) in [7, 11) is 0. The second kappa shape index (κ2) is 12.9. The van der Waals surface area contributed by atoms with E-state index in [1.807, 2.05) is 11.8 Å². The highest BCUT2D eigenvalue weighted by atomic mass is 32.2. The molecule has 7 atom stereocenters. The number of hydrogen-bond acceptors (Lipinski definition) is 6. The molecule has 7 unspecified atom stereocenters. The van der Waals surface area contributed by atoms with Crippen LogP contribution in [0.4, 0.5) is 23.2 Å². The van der Waals surface area contributed by atoms with E-state index in [0.29, 0.717) is 61.4 Å². The highest BCUT2D eigenvalue weighted by Crippen LogP contribution is 2.67. The number of amides is 7. The first kappa shape index (κ1) is 32.2. The fraction of sp³-hybridized carbons (Fsp3) is 0.688. The Morgan fingerprint density at radius 2 is 1.64 bits per heavy atom. The van der Waals surface area contributed by atoms with E-state index in [2.05, 4.69) is 31.9 Å². The predicted molar refractivity (Wildman–Crippen MR) is 169 cm³/mol. The number of nitrogens with one attached hydrogen (secondary N) is 6. The normalized spacial score (nSPS) is 32.3. The zero-order valence-electron chi connectivity index (χ0n) is 26.3. The first-order valence-corrected chi connectivity index (χ1v) is 17.8. The average molecular weight is 676 g/mol. The van der Waals surface area contributed by atoms with Gasteiger partial charge in [0.1, 0.15) is 0 Å².